The third-order valence-corrected chi connectivity index (χ3v) is 6.71. The van der Waals surface area contributed by atoms with Gasteiger partial charge in [0.25, 0.3) is 0 Å². The summed E-state index contributed by atoms with van der Waals surface area (Å²) in [6.07, 6.45) is 5.04. The van der Waals surface area contributed by atoms with Crippen LogP contribution in [0.4, 0.5) is 11.5 Å². The molecular weight excluding hydrogens is 460 g/mol. The molecule has 1 fully saturated rings. The molecule has 1 atom stereocenters. The van der Waals surface area contributed by atoms with Crippen molar-refractivity contribution in [1.82, 2.24) is 9.97 Å². The minimum absolute atomic E-state index is 0.105. The number of anilines is 2. The van der Waals surface area contributed by atoms with Gasteiger partial charge in [-0.1, -0.05) is 41.6 Å². The molecule has 4 rings (SSSR count). The van der Waals surface area contributed by atoms with Crippen molar-refractivity contribution in [1.29, 1.82) is 0 Å². The maximum absolute atomic E-state index is 13.2. The monoisotopic (exact) mass is 484 g/mol. The first-order valence-corrected chi connectivity index (χ1v) is 11.8. The molecule has 7 nitrogen and oxygen atoms in total. The lowest BCUT2D eigenvalue weighted by Gasteiger charge is -2.33. The molecule has 1 aliphatic heterocycles. The maximum Gasteiger partial charge on any atom is 0.229 e. The molecule has 33 heavy (non-hydrogen) atoms. The van der Waals surface area contributed by atoms with Gasteiger partial charge in [0.05, 0.1) is 25.2 Å². The van der Waals surface area contributed by atoms with Gasteiger partial charge in [0, 0.05) is 42.5 Å². The van der Waals surface area contributed by atoms with E-state index in [0.29, 0.717) is 28.8 Å². The van der Waals surface area contributed by atoms with Crippen LogP contribution in [-0.4, -0.2) is 43.2 Å². The first-order valence-electron chi connectivity index (χ1n) is 10.6. The Hall–Kier alpha value is -2.97. The van der Waals surface area contributed by atoms with Crippen LogP contribution in [0.15, 0.2) is 64.8 Å². The molecule has 2 aromatic carbocycles. The van der Waals surface area contributed by atoms with E-state index in [1.54, 1.807) is 43.4 Å². The Morgan fingerprint density at radius 1 is 1.15 bits per heavy atom. The van der Waals surface area contributed by atoms with Crippen LogP contribution in [0, 0.1) is 5.92 Å². The summed E-state index contributed by atoms with van der Waals surface area (Å²) < 4.78 is 10.6. The van der Waals surface area contributed by atoms with E-state index < -0.39 is 0 Å². The van der Waals surface area contributed by atoms with Crippen molar-refractivity contribution in [3.05, 3.63) is 59.9 Å². The number of aromatic nitrogens is 2. The van der Waals surface area contributed by atoms with E-state index in [9.17, 15) is 4.79 Å². The summed E-state index contributed by atoms with van der Waals surface area (Å²) in [6.45, 7) is 1.36. The van der Waals surface area contributed by atoms with Crippen molar-refractivity contribution in [3.63, 3.8) is 0 Å². The molecule has 1 amide bonds. The molecule has 0 spiro atoms. The van der Waals surface area contributed by atoms with Crippen LogP contribution in [-0.2, 0) is 4.79 Å². The van der Waals surface area contributed by atoms with Crippen LogP contribution < -0.4 is 19.7 Å². The maximum atomic E-state index is 13.2. The zero-order valence-corrected chi connectivity index (χ0v) is 20.0. The third kappa shape index (κ3) is 5.51. The Morgan fingerprint density at radius 3 is 2.70 bits per heavy atom. The summed E-state index contributed by atoms with van der Waals surface area (Å²) in [6, 6.07) is 13.4. The van der Waals surface area contributed by atoms with Gasteiger partial charge in [-0.3, -0.25) is 4.79 Å². The molecule has 0 unspecified atom stereocenters. The van der Waals surface area contributed by atoms with E-state index in [1.807, 2.05) is 30.3 Å². The topological polar surface area (TPSA) is 76.6 Å². The third-order valence-electron chi connectivity index (χ3n) is 5.43. The smallest absolute Gasteiger partial charge is 0.229 e. The molecule has 1 saturated heterocycles. The van der Waals surface area contributed by atoms with E-state index in [4.69, 9.17) is 21.1 Å². The Morgan fingerprint density at radius 2 is 1.94 bits per heavy atom. The molecule has 0 bridgehead atoms. The number of hydrogen-bond acceptors (Lipinski definition) is 7. The molecule has 9 heteroatoms. The van der Waals surface area contributed by atoms with Gasteiger partial charge in [-0.05, 0) is 25.0 Å². The highest BCUT2D eigenvalue weighted by atomic mass is 35.5. The summed E-state index contributed by atoms with van der Waals surface area (Å²) in [7, 11) is 3.08. The van der Waals surface area contributed by atoms with Crippen molar-refractivity contribution >= 4 is 40.8 Å². The number of carbonyl (C=O) groups excluding carboxylic acids is 1. The predicted molar refractivity (Wildman–Crippen MR) is 131 cm³/mol. The quantitative estimate of drug-likeness (QED) is 0.496. The van der Waals surface area contributed by atoms with Crippen molar-refractivity contribution in [3.8, 4) is 11.5 Å². The molecular formula is C24H25ClN4O3S. The van der Waals surface area contributed by atoms with Crippen molar-refractivity contribution < 1.29 is 14.3 Å². The van der Waals surface area contributed by atoms with Gasteiger partial charge in [0.1, 0.15) is 22.2 Å². The lowest BCUT2D eigenvalue weighted by Crippen LogP contribution is -2.41. The fourth-order valence-corrected chi connectivity index (χ4v) is 4.92. The number of amides is 1. The number of hydrogen-bond donors (Lipinski definition) is 1. The van der Waals surface area contributed by atoms with Gasteiger partial charge in [-0.2, -0.15) is 0 Å². The second kappa shape index (κ2) is 10.8. The molecule has 3 aromatic rings. The Balaban J connectivity index is 1.50. The Labute approximate surface area is 202 Å². The van der Waals surface area contributed by atoms with Crippen LogP contribution in [0.2, 0.25) is 5.02 Å². The molecule has 0 radical (unpaired) electrons. The molecule has 1 aliphatic rings. The largest absolute Gasteiger partial charge is 0.497 e. The van der Waals surface area contributed by atoms with E-state index in [0.717, 1.165) is 35.1 Å². The first-order chi connectivity index (χ1) is 16.1. The normalized spacial score (nSPS) is 15.7. The summed E-state index contributed by atoms with van der Waals surface area (Å²) in [4.78, 5) is 25.5. The highest BCUT2D eigenvalue weighted by Gasteiger charge is 2.29. The minimum atomic E-state index is -0.224. The number of piperidine rings is 1. The fraction of sp³-hybridized carbons (Fsp3) is 0.292. The van der Waals surface area contributed by atoms with Gasteiger partial charge in [-0.15, -0.1) is 0 Å². The van der Waals surface area contributed by atoms with Crippen LogP contribution in [0.25, 0.3) is 0 Å². The molecule has 0 aliphatic carbocycles. The molecule has 1 aromatic heterocycles. The van der Waals surface area contributed by atoms with Crippen LogP contribution in [0.5, 0.6) is 11.5 Å². The number of methoxy groups -OCH3 is 2. The molecule has 2 heterocycles. The van der Waals surface area contributed by atoms with E-state index in [-0.39, 0.29) is 11.8 Å². The summed E-state index contributed by atoms with van der Waals surface area (Å²) in [5.74, 6) is 1.48. The summed E-state index contributed by atoms with van der Waals surface area (Å²) in [5, 5.41) is 4.15. The summed E-state index contributed by atoms with van der Waals surface area (Å²) in [5.41, 5.74) is 0.446. The van der Waals surface area contributed by atoms with E-state index in [1.165, 1.54) is 7.11 Å². The Bertz CT molecular complexity index is 1120. The van der Waals surface area contributed by atoms with Crippen LogP contribution in [0.1, 0.15) is 12.8 Å². The van der Waals surface area contributed by atoms with E-state index in [2.05, 4.69) is 20.2 Å². The number of ether oxygens (including phenoxy) is 2. The van der Waals surface area contributed by atoms with E-state index >= 15 is 0 Å². The minimum Gasteiger partial charge on any atom is -0.497 e. The molecule has 0 saturated carbocycles. The number of benzene rings is 2. The zero-order chi connectivity index (χ0) is 23.2. The first kappa shape index (κ1) is 23.2. The average Bonchev–Trinajstić information content (AvgIpc) is 2.86. The molecule has 1 N–H and O–H groups in total. The van der Waals surface area contributed by atoms with Gasteiger partial charge in [0.15, 0.2) is 5.82 Å². The lowest BCUT2D eigenvalue weighted by atomic mass is 9.97. The van der Waals surface area contributed by atoms with Crippen LogP contribution in [0.3, 0.4) is 0 Å². The van der Waals surface area contributed by atoms with Crippen molar-refractivity contribution in [2.75, 3.05) is 37.5 Å². The number of rotatable bonds is 7. The number of carbonyl (C=O) groups is 1. The summed E-state index contributed by atoms with van der Waals surface area (Å²) >= 11 is 7.96. The molecule has 172 valence electrons. The van der Waals surface area contributed by atoms with Crippen molar-refractivity contribution in [2.24, 2.45) is 5.92 Å². The SMILES string of the molecule is COc1cc(Cl)c(NC(=O)[C@H]2CCCN(c3nccnc3Sc3ccccc3)C2)c(OC)c1. The van der Waals surface area contributed by atoms with Gasteiger partial charge in [-0.25, -0.2) is 9.97 Å². The predicted octanol–water partition coefficient (Wildman–Crippen LogP) is 5.15. The fourth-order valence-electron chi connectivity index (χ4n) is 3.77. The lowest BCUT2D eigenvalue weighted by molar-refractivity contribution is -0.120. The Kier molecular flexibility index (Phi) is 7.57. The number of nitrogens with zero attached hydrogens (tertiary/aromatic N) is 3. The zero-order valence-electron chi connectivity index (χ0n) is 18.5. The highest BCUT2D eigenvalue weighted by molar-refractivity contribution is 7.99. The van der Waals surface area contributed by atoms with Gasteiger partial charge < -0.3 is 19.7 Å². The highest BCUT2D eigenvalue weighted by Crippen LogP contribution is 2.38. The number of halogens is 1. The van der Waals surface area contributed by atoms with Gasteiger partial charge >= 0.3 is 0 Å². The standard InChI is InChI=1S/C24H25ClN4O3S/c1-31-17-13-19(25)21(20(14-17)32-2)28-23(30)16-7-6-12-29(15-16)22-24(27-11-10-26-22)33-18-8-4-3-5-9-18/h3-5,8-11,13-14,16H,6-7,12,15H2,1-2H3,(H,28,30)/t16-/m0/s1. The van der Waals surface area contributed by atoms with Crippen molar-refractivity contribution in [2.45, 2.75) is 22.8 Å². The number of nitrogens with one attached hydrogen (secondary N) is 1. The second-order valence-corrected chi connectivity index (χ2v) is 9.03. The average molecular weight is 485 g/mol. The second-order valence-electron chi connectivity index (χ2n) is 7.56. The van der Waals surface area contributed by atoms with Crippen LogP contribution >= 0.6 is 23.4 Å². The van der Waals surface area contributed by atoms with Gasteiger partial charge in [0.2, 0.25) is 5.91 Å².